The van der Waals surface area contributed by atoms with Crippen LogP contribution in [0.15, 0.2) is 0 Å². The minimum Gasteiger partial charge on any atom is -0.395 e. The van der Waals surface area contributed by atoms with Crippen LogP contribution in [0.2, 0.25) is 0 Å². The molecule has 0 saturated heterocycles. The summed E-state index contributed by atoms with van der Waals surface area (Å²) in [5, 5.41) is 11.5. The van der Waals surface area contributed by atoms with E-state index in [0.29, 0.717) is 18.9 Å². The van der Waals surface area contributed by atoms with E-state index in [4.69, 9.17) is 9.84 Å². The van der Waals surface area contributed by atoms with Gasteiger partial charge in [0.05, 0.1) is 19.0 Å². The Labute approximate surface area is 83.0 Å². The Morgan fingerprint density at radius 3 is 2.92 bits per heavy atom. The number of carbonyl (C=O) groups is 1. The maximum atomic E-state index is 11.1. The lowest BCUT2D eigenvalue weighted by Gasteiger charge is -2.07. The molecule has 78 valence electrons. The molecular formula is C8H17NO3S. The molecule has 0 rings (SSSR count). The monoisotopic (exact) mass is 207 g/mol. The van der Waals surface area contributed by atoms with Gasteiger partial charge in [0.25, 0.3) is 0 Å². The average Bonchev–Trinajstić information content (AvgIpc) is 2.14. The highest BCUT2D eigenvalue weighted by atomic mass is 32.2. The summed E-state index contributed by atoms with van der Waals surface area (Å²) in [4.78, 5) is 11.1. The fraction of sp³-hybridized carbons (Fsp3) is 0.875. The summed E-state index contributed by atoms with van der Waals surface area (Å²) in [6.07, 6.45) is 0. The fourth-order valence-electron chi connectivity index (χ4n) is 0.614. The third kappa shape index (κ3) is 8.08. The minimum atomic E-state index is -0.0117. The van der Waals surface area contributed by atoms with Crippen LogP contribution < -0.4 is 5.32 Å². The van der Waals surface area contributed by atoms with Crippen molar-refractivity contribution in [2.24, 2.45) is 0 Å². The van der Waals surface area contributed by atoms with Crippen molar-refractivity contribution in [1.29, 1.82) is 0 Å². The van der Waals surface area contributed by atoms with Gasteiger partial charge in [0.2, 0.25) is 5.91 Å². The normalized spacial score (nSPS) is 12.5. The Kier molecular flexibility index (Phi) is 8.18. The van der Waals surface area contributed by atoms with Gasteiger partial charge in [0.1, 0.15) is 0 Å². The second-order valence-corrected chi connectivity index (χ2v) is 4.07. The highest BCUT2D eigenvalue weighted by molar-refractivity contribution is 8.00. The van der Waals surface area contributed by atoms with Gasteiger partial charge >= 0.3 is 0 Å². The van der Waals surface area contributed by atoms with Gasteiger partial charge in [-0.2, -0.15) is 0 Å². The molecule has 0 heterocycles. The SMILES string of the molecule is COCCNC(=O)CSC(C)CO. The van der Waals surface area contributed by atoms with Crippen molar-refractivity contribution in [3.8, 4) is 0 Å². The van der Waals surface area contributed by atoms with E-state index in [1.165, 1.54) is 11.8 Å². The Morgan fingerprint density at radius 1 is 1.69 bits per heavy atom. The van der Waals surface area contributed by atoms with Crippen molar-refractivity contribution in [3.63, 3.8) is 0 Å². The number of ether oxygens (including phenoxy) is 1. The zero-order valence-corrected chi connectivity index (χ0v) is 8.89. The van der Waals surface area contributed by atoms with Gasteiger partial charge < -0.3 is 15.2 Å². The molecule has 0 fully saturated rings. The van der Waals surface area contributed by atoms with E-state index in [2.05, 4.69) is 5.32 Å². The zero-order valence-electron chi connectivity index (χ0n) is 8.08. The van der Waals surface area contributed by atoms with Crippen LogP contribution in [-0.4, -0.2) is 48.9 Å². The summed E-state index contributed by atoms with van der Waals surface area (Å²) in [7, 11) is 1.59. The van der Waals surface area contributed by atoms with Crippen molar-refractivity contribution >= 4 is 17.7 Å². The lowest BCUT2D eigenvalue weighted by molar-refractivity contribution is -0.118. The van der Waals surface area contributed by atoms with Crippen LogP contribution in [0.5, 0.6) is 0 Å². The number of methoxy groups -OCH3 is 1. The van der Waals surface area contributed by atoms with Crippen molar-refractivity contribution in [1.82, 2.24) is 5.32 Å². The summed E-state index contributed by atoms with van der Waals surface area (Å²) in [6, 6.07) is 0. The summed E-state index contributed by atoms with van der Waals surface area (Å²) in [5.41, 5.74) is 0. The van der Waals surface area contributed by atoms with Crippen LogP contribution in [0.3, 0.4) is 0 Å². The number of hydrogen-bond donors (Lipinski definition) is 2. The molecule has 5 heteroatoms. The Morgan fingerprint density at radius 2 is 2.38 bits per heavy atom. The van der Waals surface area contributed by atoms with Gasteiger partial charge in [-0.25, -0.2) is 0 Å². The molecule has 0 aromatic rings. The van der Waals surface area contributed by atoms with E-state index in [1.807, 2.05) is 6.92 Å². The number of aliphatic hydroxyl groups is 1. The molecule has 1 atom stereocenters. The first-order valence-corrected chi connectivity index (χ1v) is 5.23. The van der Waals surface area contributed by atoms with E-state index in [-0.39, 0.29) is 17.8 Å². The van der Waals surface area contributed by atoms with Crippen LogP contribution in [0.25, 0.3) is 0 Å². The minimum absolute atomic E-state index is 0.0117. The second-order valence-electron chi connectivity index (χ2n) is 2.65. The molecule has 4 nitrogen and oxygen atoms in total. The molecule has 0 spiro atoms. The van der Waals surface area contributed by atoms with E-state index in [0.717, 1.165) is 0 Å². The van der Waals surface area contributed by atoms with Crippen LogP contribution in [-0.2, 0) is 9.53 Å². The van der Waals surface area contributed by atoms with E-state index < -0.39 is 0 Å². The van der Waals surface area contributed by atoms with Gasteiger partial charge in [-0.05, 0) is 0 Å². The third-order valence-electron chi connectivity index (χ3n) is 1.38. The van der Waals surface area contributed by atoms with Gasteiger partial charge in [-0.15, -0.1) is 11.8 Å². The number of rotatable bonds is 7. The lowest BCUT2D eigenvalue weighted by Crippen LogP contribution is -2.29. The molecule has 0 saturated carbocycles. The quantitative estimate of drug-likeness (QED) is 0.571. The summed E-state index contributed by atoms with van der Waals surface area (Å²) >= 11 is 1.44. The highest BCUT2D eigenvalue weighted by Gasteiger charge is 2.04. The van der Waals surface area contributed by atoms with E-state index >= 15 is 0 Å². The molecule has 0 aromatic heterocycles. The van der Waals surface area contributed by atoms with E-state index in [1.54, 1.807) is 7.11 Å². The topological polar surface area (TPSA) is 58.6 Å². The van der Waals surface area contributed by atoms with Crippen LogP contribution in [0.4, 0.5) is 0 Å². The summed E-state index contributed by atoms with van der Waals surface area (Å²) in [5.74, 6) is 0.383. The molecule has 13 heavy (non-hydrogen) atoms. The maximum absolute atomic E-state index is 11.1. The Hall–Kier alpha value is -0.260. The van der Waals surface area contributed by atoms with Gasteiger partial charge in [0, 0.05) is 18.9 Å². The van der Waals surface area contributed by atoms with Crippen molar-refractivity contribution in [2.75, 3.05) is 32.6 Å². The highest BCUT2D eigenvalue weighted by Crippen LogP contribution is 2.07. The van der Waals surface area contributed by atoms with Gasteiger partial charge in [0.15, 0.2) is 0 Å². The first-order valence-electron chi connectivity index (χ1n) is 4.18. The summed E-state index contributed by atoms with van der Waals surface area (Å²) in [6.45, 7) is 3.07. The molecular weight excluding hydrogens is 190 g/mol. The molecule has 1 unspecified atom stereocenters. The standard InChI is InChI=1S/C8H17NO3S/c1-7(5-10)13-6-8(11)9-3-4-12-2/h7,10H,3-6H2,1-2H3,(H,9,11). The molecule has 1 amide bonds. The fourth-order valence-corrected chi connectivity index (χ4v) is 1.26. The predicted molar refractivity (Wildman–Crippen MR) is 53.9 cm³/mol. The molecule has 0 aliphatic carbocycles. The smallest absolute Gasteiger partial charge is 0.230 e. The number of hydrogen-bond acceptors (Lipinski definition) is 4. The number of aliphatic hydroxyl groups excluding tert-OH is 1. The first kappa shape index (κ1) is 12.7. The zero-order chi connectivity index (χ0) is 10.1. The number of thioether (sulfide) groups is 1. The van der Waals surface area contributed by atoms with Gasteiger partial charge in [-0.3, -0.25) is 4.79 Å². The molecule has 0 bridgehead atoms. The number of carbonyl (C=O) groups excluding carboxylic acids is 1. The first-order chi connectivity index (χ1) is 6.20. The Bertz CT molecular complexity index is 143. The molecule has 0 radical (unpaired) electrons. The van der Waals surface area contributed by atoms with Crippen molar-refractivity contribution in [3.05, 3.63) is 0 Å². The largest absolute Gasteiger partial charge is 0.395 e. The molecule has 0 aliphatic heterocycles. The maximum Gasteiger partial charge on any atom is 0.230 e. The Balaban J connectivity index is 3.30. The predicted octanol–water partition coefficient (Wildman–Crippen LogP) is -0.137. The van der Waals surface area contributed by atoms with Crippen LogP contribution in [0, 0.1) is 0 Å². The van der Waals surface area contributed by atoms with Crippen molar-refractivity contribution in [2.45, 2.75) is 12.2 Å². The summed E-state index contributed by atoms with van der Waals surface area (Å²) < 4.78 is 4.78. The van der Waals surface area contributed by atoms with Gasteiger partial charge in [-0.1, -0.05) is 6.92 Å². The number of amides is 1. The van der Waals surface area contributed by atoms with E-state index in [9.17, 15) is 4.79 Å². The molecule has 0 aromatic carbocycles. The number of nitrogens with one attached hydrogen (secondary N) is 1. The lowest BCUT2D eigenvalue weighted by atomic mass is 10.5. The van der Waals surface area contributed by atoms with Crippen molar-refractivity contribution < 1.29 is 14.6 Å². The molecule has 2 N–H and O–H groups in total. The molecule has 0 aliphatic rings. The van der Waals surface area contributed by atoms with Crippen LogP contribution in [0.1, 0.15) is 6.92 Å². The average molecular weight is 207 g/mol. The third-order valence-corrected chi connectivity index (χ3v) is 2.53. The second kappa shape index (κ2) is 8.34. The van der Waals surface area contributed by atoms with Crippen LogP contribution >= 0.6 is 11.8 Å².